The molecule has 1 N–H and O–H groups in total. The number of nitrogens with zero attached hydrogens (tertiary/aromatic N) is 2. The van der Waals surface area contributed by atoms with Crippen LogP contribution in [0.4, 0.5) is 36.4 Å². The summed E-state index contributed by atoms with van der Waals surface area (Å²) in [4.78, 5) is 12.4. The van der Waals surface area contributed by atoms with E-state index in [0.29, 0.717) is 12.1 Å². The molecular weight excluding hydrogens is 407 g/mol. The van der Waals surface area contributed by atoms with Gasteiger partial charge in [-0.2, -0.15) is 22.7 Å². The molecule has 0 aliphatic rings. The summed E-state index contributed by atoms with van der Waals surface area (Å²) in [5, 5.41) is 5.05. The second-order valence-electron chi connectivity index (χ2n) is 5.89. The molecule has 1 aromatic heterocycles. The van der Waals surface area contributed by atoms with Gasteiger partial charge < -0.3 is 5.32 Å². The van der Waals surface area contributed by atoms with E-state index in [1.807, 2.05) is 0 Å². The van der Waals surface area contributed by atoms with Gasteiger partial charge in [0.25, 0.3) is 5.91 Å². The van der Waals surface area contributed by atoms with Gasteiger partial charge in [-0.05, 0) is 23.8 Å². The highest BCUT2D eigenvalue weighted by molar-refractivity contribution is 6.07. The van der Waals surface area contributed by atoms with Crippen LogP contribution in [0.5, 0.6) is 0 Å². The number of aryl methyl sites for hydroxylation is 1. The molecule has 0 aliphatic carbocycles. The SMILES string of the molecule is Cn1nc(C(F)(F)F)c(C(=O)Nc2ccccc2-c2cc(F)c(F)c(F)c2)c1F. The van der Waals surface area contributed by atoms with Gasteiger partial charge in [0.2, 0.25) is 5.95 Å². The Morgan fingerprint density at radius 2 is 1.62 bits per heavy atom. The van der Waals surface area contributed by atoms with Gasteiger partial charge >= 0.3 is 6.18 Å². The number of carbonyl (C=O) groups excluding carboxylic acids is 1. The van der Waals surface area contributed by atoms with E-state index in [1.54, 1.807) is 0 Å². The van der Waals surface area contributed by atoms with Crippen LogP contribution in [0.15, 0.2) is 36.4 Å². The average Bonchev–Trinajstić information content (AvgIpc) is 2.95. The molecule has 0 saturated carbocycles. The first kappa shape index (κ1) is 20.4. The minimum atomic E-state index is -5.10. The molecule has 1 heterocycles. The summed E-state index contributed by atoms with van der Waals surface area (Å²) < 4.78 is 93.8. The third-order valence-corrected chi connectivity index (χ3v) is 3.94. The minimum Gasteiger partial charge on any atom is -0.321 e. The van der Waals surface area contributed by atoms with Crippen molar-refractivity contribution in [1.82, 2.24) is 9.78 Å². The van der Waals surface area contributed by atoms with Crippen molar-refractivity contribution in [2.45, 2.75) is 6.18 Å². The van der Waals surface area contributed by atoms with Gasteiger partial charge in [-0.3, -0.25) is 4.79 Å². The van der Waals surface area contributed by atoms with E-state index in [2.05, 4.69) is 10.4 Å². The van der Waals surface area contributed by atoms with E-state index in [0.717, 1.165) is 7.05 Å². The standard InChI is InChI=1S/C18H10F7N3O/c1-28-16(22)13(15(27-28)18(23,24)25)17(29)26-12-5-3-2-4-9(12)8-6-10(19)14(21)11(20)7-8/h2-7H,1H3,(H,26,29). The zero-order valence-corrected chi connectivity index (χ0v) is 14.4. The predicted molar refractivity (Wildman–Crippen MR) is 87.9 cm³/mol. The van der Waals surface area contributed by atoms with E-state index in [1.165, 1.54) is 24.3 Å². The van der Waals surface area contributed by atoms with Crippen molar-refractivity contribution >= 4 is 11.6 Å². The van der Waals surface area contributed by atoms with Crippen molar-refractivity contribution in [3.8, 4) is 11.1 Å². The third-order valence-electron chi connectivity index (χ3n) is 3.94. The van der Waals surface area contributed by atoms with Crippen LogP contribution in [0.1, 0.15) is 16.1 Å². The normalized spacial score (nSPS) is 11.6. The highest BCUT2D eigenvalue weighted by Gasteiger charge is 2.41. The monoisotopic (exact) mass is 417 g/mol. The minimum absolute atomic E-state index is 0.0310. The fourth-order valence-corrected chi connectivity index (χ4v) is 2.64. The molecule has 0 fully saturated rings. The molecule has 1 amide bonds. The molecule has 0 radical (unpaired) electrons. The maximum absolute atomic E-state index is 14.1. The van der Waals surface area contributed by atoms with Gasteiger partial charge in [-0.25, -0.2) is 17.9 Å². The summed E-state index contributed by atoms with van der Waals surface area (Å²) in [6, 6.07) is 6.58. The number of rotatable bonds is 3. The highest BCUT2D eigenvalue weighted by atomic mass is 19.4. The predicted octanol–water partition coefficient (Wildman–Crippen LogP) is 4.91. The molecule has 3 rings (SSSR count). The Morgan fingerprint density at radius 3 is 2.21 bits per heavy atom. The zero-order valence-electron chi connectivity index (χ0n) is 14.4. The van der Waals surface area contributed by atoms with E-state index >= 15 is 0 Å². The molecule has 0 aliphatic heterocycles. The van der Waals surface area contributed by atoms with Crippen LogP contribution in [0, 0.1) is 23.4 Å². The number of hydrogen-bond acceptors (Lipinski definition) is 2. The lowest BCUT2D eigenvalue weighted by Crippen LogP contribution is -2.19. The van der Waals surface area contributed by atoms with Gasteiger partial charge in [0.1, 0.15) is 5.56 Å². The van der Waals surface area contributed by atoms with Crippen LogP contribution in [0.3, 0.4) is 0 Å². The van der Waals surface area contributed by atoms with Gasteiger partial charge in [-0.1, -0.05) is 18.2 Å². The lowest BCUT2D eigenvalue weighted by atomic mass is 10.0. The smallest absolute Gasteiger partial charge is 0.321 e. The first-order chi connectivity index (χ1) is 13.5. The molecule has 4 nitrogen and oxygen atoms in total. The van der Waals surface area contributed by atoms with E-state index in [-0.39, 0.29) is 21.5 Å². The molecule has 11 heteroatoms. The van der Waals surface area contributed by atoms with Crippen molar-refractivity contribution in [3.05, 3.63) is 71.1 Å². The quantitative estimate of drug-likeness (QED) is 0.486. The van der Waals surface area contributed by atoms with Crippen LogP contribution in [0.2, 0.25) is 0 Å². The number of benzene rings is 2. The number of halogens is 7. The molecule has 2 aromatic carbocycles. The number of para-hydroxylation sites is 1. The molecule has 0 atom stereocenters. The molecule has 3 aromatic rings. The van der Waals surface area contributed by atoms with Crippen LogP contribution in [-0.2, 0) is 13.2 Å². The second-order valence-corrected chi connectivity index (χ2v) is 5.89. The first-order valence-electron chi connectivity index (χ1n) is 7.85. The lowest BCUT2D eigenvalue weighted by Gasteiger charge is -2.12. The zero-order chi connectivity index (χ0) is 21.5. The number of amides is 1. The molecule has 152 valence electrons. The summed E-state index contributed by atoms with van der Waals surface area (Å²) in [6.45, 7) is 0. The Kier molecular flexibility index (Phi) is 5.07. The molecule has 0 bridgehead atoms. The van der Waals surface area contributed by atoms with Gasteiger partial charge in [0, 0.05) is 18.3 Å². The van der Waals surface area contributed by atoms with Gasteiger partial charge in [0.15, 0.2) is 23.1 Å². The number of alkyl halides is 3. The van der Waals surface area contributed by atoms with Crippen molar-refractivity contribution in [3.63, 3.8) is 0 Å². The molecule has 0 spiro atoms. The fourth-order valence-electron chi connectivity index (χ4n) is 2.64. The topological polar surface area (TPSA) is 46.9 Å². The lowest BCUT2D eigenvalue weighted by molar-refractivity contribution is -0.141. The third kappa shape index (κ3) is 3.80. The largest absolute Gasteiger partial charge is 0.436 e. The second kappa shape index (κ2) is 7.22. The first-order valence-corrected chi connectivity index (χ1v) is 7.85. The maximum atomic E-state index is 14.1. The highest BCUT2D eigenvalue weighted by Crippen LogP contribution is 2.34. The number of nitrogens with one attached hydrogen (secondary N) is 1. The summed E-state index contributed by atoms with van der Waals surface area (Å²) in [6.07, 6.45) is -5.10. The van der Waals surface area contributed by atoms with Crippen LogP contribution in [0.25, 0.3) is 11.1 Å². The number of hydrogen-bond donors (Lipinski definition) is 1. The maximum Gasteiger partial charge on any atom is 0.436 e. The van der Waals surface area contributed by atoms with E-state index < -0.39 is 46.7 Å². The Hall–Kier alpha value is -3.37. The van der Waals surface area contributed by atoms with Gasteiger partial charge in [0.05, 0.1) is 0 Å². The Morgan fingerprint density at radius 1 is 1.03 bits per heavy atom. The Bertz CT molecular complexity index is 1080. The summed E-state index contributed by atoms with van der Waals surface area (Å²) in [7, 11) is 0.888. The average molecular weight is 417 g/mol. The number of carbonyl (C=O) groups is 1. The van der Waals surface area contributed by atoms with Crippen molar-refractivity contribution in [2.24, 2.45) is 7.05 Å². The Labute approximate surface area is 158 Å². The number of aromatic nitrogens is 2. The van der Waals surface area contributed by atoms with Gasteiger partial charge in [-0.15, -0.1) is 0 Å². The van der Waals surface area contributed by atoms with Crippen LogP contribution >= 0.6 is 0 Å². The van der Waals surface area contributed by atoms with Crippen molar-refractivity contribution in [2.75, 3.05) is 5.32 Å². The van der Waals surface area contributed by atoms with Crippen LogP contribution in [-0.4, -0.2) is 15.7 Å². The molecular formula is C18H10F7N3O. The van der Waals surface area contributed by atoms with Crippen molar-refractivity contribution < 1.29 is 35.5 Å². The number of anilines is 1. The van der Waals surface area contributed by atoms with Crippen molar-refractivity contribution in [1.29, 1.82) is 0 Å². The molecule has 0 unspecified atom stereocenters. The summed E-state index contributed by atoms with van der Waals surface area (Å²) >= 11 is 0. The summed E-state index contributed by atoms with van der Waals surface area (Å²) in [5.74, 6) is -7.70. The fraction of sp³-hybridized carbons (Fsp3) is 0.111. The Balaban J connectivity index is 2.05. The van der Waals surface area contributed by atoms with E-state index in [4.69, 9.17) is 0 Å². The summed E-state index contributed by atoms with van der Waals surface area (Å²) in [5.41, 5.74) is -3.48. The van der Waals surface area contributed by atoms with Crippen LogP contribution < -0.4 is 5.32 Å². The molecule has 29 heavy (non-hydrogen) atoms. The van der Waals surface area contributed by atoms with E-state index in [9.17, 15) is 35.5 Å². The molecule has 0 saturated heterocycles.